The van der Waals surface area contributed by atoms with E-state index in [1.54, 1.807) is 17.3 Å². The summed E-state index contributed by atoms with van der Waals surface area (Å²) in [6.45, 7) is 2.00. The highest BCUT2D eigenvalue weighted by molar-refractivity contribution is 9.10. The molecule has 0 bridgehead atoms. The second kappa shape index (κ2) is 5.27. The number of carbonyl (C=O) groups excluding carboxylic acids is 2. The second-order valence-electron chi connectivity index (χ2n) is 3.99. The third-order valence-corrected chi connectivity index (χ3v) is 4.24. The van der Waals surface area contributed by atoms with Gasteiger partial charge in [-0.25, -0.2) is 0 Å². The smallest absolute Gasteiger partial charge is 0.228 e. The summed E-state index contributed by atoms with van der Waals surface area (Å²) in [5, 5.41) is 0.0170. The molecule has 1 aromatic rings. The summed E-state index contributed by atoms with van der Waals surface area (Å²) in [7, 11) is 0. The lowest BCUT2D eigenvalue weighted by molar-refractivity contribution is -0.117. The Labute approximate surface area is 117 Å². The molecule has 18 heavy (non-hydrogen) atoms. The number of pyridine rings is 1. The van der Waals surface area contributed by atoms with Gasteiger partial charge < -0.3 is 10.6 Å². The summed E-state index contributed by atoms with van der Waals surface area (Å²) in [6, 6.07) is 0. The summed E-state index contributed by atoms with van der Waals surface area (Å²) < 4.78 is 0.662. The number of hydrogen-bond acceptors (Lipinski definition) is 5. The van der Waals surface area contributed by atoms with Gasteiger partial charge in [0.15, 0.2) is 5.12 Å². The molecule has 0 saturated carbocycles. The molecule has 1 saturated heterocycles. The maximum absolute atomic E-state index is 11.9. The molecular weight excluding hydrogens is 318 g/mol. The SMILES string of the molecule is CC(=O)SC1CC(=O)N(c2cncc(Br)c2N)C1. The second-order valence-corrected chi connectivity index (χ2v) is 6.33. The molecule has 1 aliphatic heterocycles. The minimum atomic E-state index is -0.0275. The summed E-state index contributed by atoms with van der Waals surface area (Å²) >= 11 is 4.48. The molecule has 0 spiro atoms. The van der Waals surface area contributed by atoms with Gasteiger partial charge in [0.1, 0.15) is 0 Å². The van der Waals surface area contributed by atoms with Crippen molar-refractivity contribution in [3.05, 3.63) is 16.9 Å². The van der Waals surface area contributed by atoms with Crippen molar-refractivity contribution in [1.82, 2.24) is 4.98 Å². The van der Waals surface area contributed by atoms with Crippen molar-refractivity contribution in [2.24, 2.45) is 0 Å². The highest BCUT2D eigenvalue weighted by Gasteiger charge is 2.33. The Bertz CT molecular complexity index is 509. The Kier molecular flexibility index (Phi) is 3.91. The molecule has 1 amide bonds. The maximum Gasteiger partial charge on any atom is 0.228 e. The lowest BCUT2D eigenvalue weighted by atomic mass is 10.3. The van der Waals surface area contributed by atoms with Crippen LogP contribution in [0, 0.1) is 0 Å². The van der Waals surface area contributed by atoms with E-state index in [4.69, 9.17) is 5.73 Å². The monoisotopic (exact) mass is 329 g/mol. The number of nitrogens with zero attached hydrogens (tertiary/aromatic N) is 2. The molecule has 0 aliphatic carbocycles. The van der Waals surface area contributed by atoms with Crippen molar-refractivity contribution in [2.45, 2.75) is 18.6 Å². The Hall–Kier alpha value is -1.08. The largest absolute Gasteiger partial charge is 0.396 e. The first-order valence-corrected chi connectivity index (χ1v) is 7.03. The molecule has 0 radical (unpaired) electrons. The molecule has 96 valence electrons. The Morgan fingerprint density at radius 1 is 1.61 bits per heavy atom. The number of thioether (sulfide) groups is 1. The van der Waals surface area contributed by atoms with Crippen LogP contribution in [-0.2, 0) is 9.59 Å². The van der Waals surface area contributed by atoms with E-state index in [2.05, 4.69) is 20.9 Å². The molecule has 7 heteroatoms. The van der Waals surface area contributed by atoms with Crippen LogP contribution in [0.5, 0.6) is 0 Å². The van der Waals surface area contributed by atoms with Gasteiger partial charge in [-0.3, -0.25) is 14.6 Å². The van der Waals surface area contributed by atoms with Gasteiger partial charge in [-0.1, -0.05) is 11.8 Å². The third kappa shape index (κ3) is 2.67. The van der Waals surface area contributed by atoms with Crippen molar-refractivity contribution in [1.29, 1.82) is 0 Å². The molecule has 0 aromatic carbocycles. The van der Waals surface area contributed by atoms with Crippen molar-refractivity contribution in [3.63, 3.8) is 0 Å². The van der Waals surface area contributed by atoms with E-state index in [1.807, 2.05) is 0 Å². The molecular formula is C11H12BrN3O2S. The number of hydrogen-bond donors (Lipinski definition) is 1. The Morgan fingerprint density at radius 2 is 2.33 bits per heavy atom. The van der Waals surface area contributed by atoms with Crippen LogP contribution in [0.25, 0.3) is 0 Å². The molecule has 1 aliphatic rings. The van der Waals surface area contributed by atoms with E-state index in [0.29, 0.717) is 28.8 Å². The summed E-state index contributed by atoms with van der Waals surface area (Å²) in [5.41, 5.74) is 7.01. The van der Waals surface area contributed by atoms with Gasteiger partial charge in [-0.05, 0) is 15.9 Å². The van der Waals surface area contributed by atoms with Gasteiger partial charge in [0.25, 0.3) is 0 Å². The van der Waals surface area contributed by atoms with Gasteiger partial charge in [0, 0.05) is 31.3 Å². The normalized spacial score (nSPS) is 19.3. The average Bonchev–Trinajstić information content (AvgIpc) is 2.62. The van der Waals surface area contributed by atoms with Crippen LogP contribution < -0.4 is 10.6 Å². The van der Waals surface area contributed by atoms with Crippen LogP contribution in [0.4, 0.5) is 11.4 Å². The molecule has 2 rings (SSSR count). The van der Waals surface area contributed by atoms with Gasteiger partial charge in [-0.2, -0.15) is 0 Å². The Morgan fingerprint density at radius 3 is 3.00 bits per heavy atom. The van der Waals surface area contributed by atoms with E-state index in [9.17, 15) is 9.59 Å². The van der Waals surface area contributed by atoms with Gasteiger partial charge in [0.05, 0.1) is 22.0 Å². The lowest BCUT2D eigenvalue weighted by Gasteiger charge is -2.18. The van der Waals surface area contributed by atoms with Crippen LogP contribution in [0.15, 0.2) is 16.9 Å². The fourth-order valence-electron chi connectivity index (χ4n) is 1.87. The number of aromatic nitrogens is 1. The zero-order valence-corrected chi connectivity index (χ0v) is 12.1. The minimum Gasteiger partial charge on any atom is -0.396 e. The first kappa shape index (κ1) is 13.4. The van der Waals surface area contributed by atoms with Crippen LogP contribution in [0.2, 0.25) is 0 Å². The summed E-state index contributed by atoms with van der Waals surface area (Å²) in [4.78, 5) is 28.6. The molecule has 2 N–H and O–H groups in total. The number of amides is 1. The maximum atomic E-state index is 11.9. The summed E-state index contributed by atoms with van der Waals surface area (Å²) in [5.74, 6) is -0.0275. The van der Waals surface area contributed by atoms with Gasteiger partial charge in [0.2, 0.25) is 5.91 Å². The highest BCUT2D eigenvalue weighted by Crippen LogP contribution is 2.34. The average molecular weight is 330 g/mol. The third-order valence-electron chi connectivity index (χ3n) is 2.63. The number of nitrogen functional groups attached to an aromatic ring is 1. The van der Waals surface area contributed by atoms with Gasteiger partial charge in [-0.15, -0.1) is 0 Å². The topological polar surface area (TPSA) is 76.3 Å². The zero-order valence-electron chi connectivity index (χ0n) is 9.72. The van der Waals surface area contributed by atoms with E-state index >= 15 is 0 Å². The van der Waals surface area contributed by atoms with Crippen molar-refractivity contribution in [3.8, 4) is 0 Å². The van der Waals surface area contributed by atoms with Gasteiger partial charge >= 0.3 is 0 Å². The van der Waals surface area contributed by atoms with Crippen LogP contribution in [0.3, 0.4) is 0 Å². The quantitative estimate of drug-likeness (QED) is 0.895. The van der Waals surface area contributed by atoms with E-state index in [0.717, 1.165) is 0 Å². The van der Waals surface area contributed by atoms with Crippen molar-refractivity contribution in [2.75, 3.05) is 17.2 Å². The van der Waals surface area contributed by atoms with Crippen LogP contribution in [0.1, 0.15) is 13.3 Å². The molecule has 1 fully saturated rings. The number of carbonyl (C=O) groups is 2. The zero-order chi connectivity index (χ0) is 13.3. The number of anilines is 2. The highest BCUT2D eigenvalue weighted by atomic mass is 79.9. The first-order valence-electron chi connectivity index (χ1n) is 5.35. The Balaban J connectivity index is 2.22. The van der Waals surface area contributed by atoms with E-state index in [-0.39, 0.29) is 16.3 Å². The number of halogens is 1. The van der Waals surface area contributed by atoms with E-state index in [1.165, 1.54) is 18.7 Å². The van der Waals surface area contributed by atoms with E-state index < -0.39 is 0 Å². The molecule has 1 atom stereocenters. The molecule has 5 nitrogen and oxygen atoms in total. The predicted molar refractivity (Wildman–Crippen MR) is 75.4 cm³/mol. The van der Waals surface area contributed by atoms with Crippen molar-refractivity contribution >= 4 is 50.1 Å². The predicted octanol–water partition coefficient (Wildman–Crippen LogP) is 1.81. The molecule has 1 unspecified atom stereocenters. The molecule has 1 aromatic heterocycles. The summed E-state index contributed by atoms with van der Waals surface area (Å²) in [6.07, 6.45) is 3.51. The standard InChI is InChI=1S/C11H12BrN3O2S/c1-6(16)18-7-2-10(17)15(5-7)9-4-14-3-8(12)11(9)13/h3-4,7H,2,5H2,1H3,(H2,13,14). The first-order chi connectivity index (χ1) is 8.49. The van der Waals surface area contributed by atoms with Crippen LogP contribution in [-0.4, -0.2) is 27.8 Å². The lowest BCUT2D eigenvalue weighted by Crippen LogP contribution is -2.26. The van der Waals surface area contributed by atoms with Crippen LogP contribution >= 0.6 is 27.7 Å². The molecule has 2 heterocycles. The van der Waals surface area contributed by atoms with Crippen molar-refractivity contribution < 1.29 is 9.59 Å². The minimum absolute atomic E-state index is 0.00613. The fraction of sp³-hybridized carbons (Fsp3) is 0.364. The fourth-order valence-corrected chi connectivity index (χ4v) is 3.11. The number of nitrogens with two attached hydrogens (primary N) is 1. The number of rotatable bonds is 2.